The molecule has 5 aromatic rings. The highest BCUT2D eigenvalue weighted by Crippen LogP contribution is 2.52. The van der Waals surface area contributed by atoms with Crippen molar-refractivity contribution >= 4 is 32.3 Å². The summed E-state index contributed by atoms with van der Waals surface area (Å²) in [7, 11) is 2.15. The summed E-state index contributed by atoms with van der Waals surface area (Å²) >= 11 is 0. The molecule has 0 unspecified atom stereocenters. The molecular formula is C31H30NO+. The summed E-state index contributed by atoms with van der Waals surface area (Å²) in [5.74, 6) is 1.95. The standard InChI is InChI=1S/C31H30NO/c1-17-11-12-20-19(3)30-27(18(2)23(20)15-17)29-28-22(13-14-32(29)7)21-9-8-10-25(31(4,5)6)24(21)16-26(28)33-30/h8-16H,1-7H3/q+1. The van der Waals surface area contributed by atoms with Gasteiger partial charge in [0, 0.05) is 17.0 Å². The molecule has 0 N–H and O–H groups in total. The molecule has 0 spiro atoms. The minimum atomic E-state index is 0.0509. The van der Waals surface area contributed by atoms with E-state index in [0.29, 0.717) is 0 Å². The van der Waals surface area contributed by atoms with Crippen molar-refractivity contribution < 1.29 is 9.30 Å². The molecule has 0 fully saturated rings. The van der Waals surface area contributed by atoms with Crippen molar-refractivity contribution in [1.29, 1.82) is 0 Å². The Balaban J connectivity index is 1.83. The second-order valence-corrected chi connectivity index (χ2v) is 10.7. The molecule has 0 saturated carbocycles. The van der Waals surface area contributed by atoms with Crippen LogP contribution in [0.4, 0.5) is 0 Å². The zero-order valence-electron chi connectivity index (χ0n) is 20.6. The van der Waals surface area contributed by atoms with E-state index in [1.54, 1.807) is 0 Å². The van der Waals surface area contributed by atoms with Crippen molar-refractivity contribution in [2.45, 2.75) is 47.0 Å². The number of rotatable bonds is 0. The average Bonchev–Trinajstić information content (AvgIpc) is 2.77. The number of benzene rings is 4. The molecule has 0 radical (unpaired) electrons. The second kappa shape index (κ2) is 6.57. The van der Waals surface area contributed by atoms with Crippen molar-refractivity contribution in [3.8, 4) is 22.8 Å². The molecule has 164 valence electrons. The van der Waals surface area contributed by atoms with Crippen molar-refractivity contribution in [2.75, 3.05) is 0 Å². The molecule has 33 heavy (non-hydrogen) atoms. The van der Waals surface area contributed by atoms with Crippen LogP contribution in [0.25, 0.3) is 43.6 Å². The molecule has 2 nitrogen and oxygen atoms in total. The molecule has 0 saturated heterocycles. The predicted molar refractivity (Wildman–Crippen MR) is 139 cm³/mol. The quantitative estimate of drug-likeness (QED) is 0.175. The van der Waals surface area contributed by atoms with Gasteiger partial charge < -0.3 is 4.74 Å². The van der Waals surface area contributed by atoms with E-state index < -0.39 is 0 Å². The van der Waals surface area contributed by atoms with Crippen LogP contribution in [0.1, 0.15) is 43.0 Å². The highest BCUT2D eigenvalue weighted by Gasteiger charge is 2.33. The lowest BCUT2D eigenvalue weighted by Gasteiger charge is -2.26. The Kier molecular flexibility index (Phi) is 4.03. The Hall–Kier alpha value is -3.39. The van der Waals surface area contributed by atoms with Crippen LogP contribution in [0, 0.1) is 20.8 Å². The van der Waals surface area contributed by atoms with E-state index in [4.69, 9.17) is 4.74 Å². The van der Waals surface area contributed by atoms with Gasteiger partial charge in [-0.2, -0.15) is 0 Å². The van der Waals surface area contributed by atoms with Crippen molar-refractivity contribution in [3.05, 3.63) is 77.0 Å². The fourth-order valence-electron chi connectivity index (χ4n) is 5.75. The van der Waals surface area contributed by atoms with Crippen molar-refractivity contribution in [2.24, 2.45) is 7.05 Å². The van der Waals surface area contributed by atoms with Crippen LogP contribution in [0.3, 0.4) is 0 Å². The molecule has 2 heterocycles. The van der Waals surface area contributed by atoms with Crippen molar-refractivity contribution in [3.63, 3.8) is 0 Å². The van der Waals surface area contributed by atoms with Gasteiger partial charge >= 0.3 is 0 Å². The normalized spacial score (nSPS) is 12.9. The predicted octanol–water partition coefficient (Wildman–Crippen LogP) is 7.97. The maximum absolute atomic E-state index is 6.82. The van der Waals surface area contributed by atoms with Crippen LogP contribution in [-0.2, 0) is 12.5 Å². The third kappa shape index (κ3) is 2.70. The number of hydrogen-bond donors (Lipinski definition) is 0. The third-order valence-corrected chi connectivity index (χ3v) is 7.42. The van der Waals surface area contributed by atoms with E-state index >= 15 is 0 Å². The van der Waals surface area contributed by atoms with E-state index in [2.05, 4.69) is 108 Å². The lowest BCUT2D eigenvalue weighted by atomic mass is 9.82. The molecule has 0 bridgehead atoms. The highest BCUT2D eigenvalue weighted by molar-refractivity contribution is 6.17. The summed E-state index contributed by atoms with van der Waals surface area (Å²) in [6.45, 7) is 13.5. The van der Waals surface area contributed by atoms with Gasteiger partial charge in [-0.3, -0.25) is 0 Å². The fraction of sp³-hybridized carbons (Fsp3) is 0.258. The van der Waals surface area contributed by atoms with Crippen LogP contribution in [0.2, 0.25) is 0 Å². The van der Waals surface area contributed by atoms with Gasteiger partial charge in [0.15, 0.2) is 6.20 Å². The van der Waals surface area contributed by atoms with Gasteiger partial charge in [-0.25, -0.2) is 4.57 Å². The number of aromatic nitrogens is 1. The second-order valence-electron chi connectivity index (χ2n) is 10.7. The molecule has 0 amide bonds. The molecular weight excluding hydrogens is 402 g/mol. The Morgan fingerprint density at radius 3 is 2.30 bits per heavy atom. The Labute approximate surface area is 195 Å². The number of pyridine rings is 1. The van der Waals surface area contributed by atoms with Crippen LogP contribution >= 0.6 is 0 Å². The topological polar surface area (TPSA) is 13.1 Å². The molecule has 2 heteroatoms. The molecule has 4 aromatic carbocycles. The maximum Gasteiger partial charge on any atom is 0.228 e. The zero-order valence-corrected chi connectivity index (χ0v) is 20.6. The summed E-state index contributed by atoms with van der Waals surface area (Å²) < 4.78 is 9.08. The summed E-state index contributed by atoms with van der Waals surface area (Å²) in [5.41, 5.74) is 7.64. The first-order chi connectivity index (χ1) is 15.7. The molecule has 1 aliphatic heterocycles. The SMILES string of the molecule is Cc1ccc2c(C)c3c(c(C)c2c1)-c1c2c(cc4c(C(C)(C)C)cccc4c2cc[n+]1C)O3. The first kappa shape index (κ1) is 20.2. The van der Waals surface area contributed by atoms with E-state index in [9.17, 15) is 0 Å². The molecule has 0 aliphatic carbocycles. The van der Waals surface area contributed by atoms with Gasteiger partial charge in [0.25, 0.3) is 0 Å². The zero-order chi connectivity index (χ0) is 23.2. The third-order valence-electron chi connectivity index (χ3n) is 7.42. The van der Waals surface area contributed by atoms with E-state index in [0.717, 1.165) is 11.5 Å². The lowest BCUT2D eigenvalue weighted by molar-refractivity contribution is -0.659. The number of ether oxygens (including phenoxy) is 1. The Morgan fingerprint density at radius 1 is 0.758 bits per heavy atom. The van der Waals surface area contributed by atoms with Gasteiger partial charge in [-0.15, -0.1) is 0 Å². The average molecular weight is 433 g/mol. The van der Waals surface area contributed by atoms with E-state index in [1.807, 2.05) is 0 Å². The van der Waals surface area contributed by atoms with Gasteiger partial charge in [-0.1, -0.05) is 62.7 Å². The minimum absolute atomic E-state index is 0.0509. The van der Waals surface area contributed by atoms with Crippen LogP contribution in [0.15, 0.2) is 54.7 Å². The number of aryl methyl sites for hydroxylation is 4. The summed E-state index contributed by atoms with van der Waals surface area (Å²) in [6, 6.07) is 18.0. The largest absolute Gasteiger partial charge is 0.455 e. The van der Waals surface area contributed by atoms with Gasteiger partial charge in [0.05, 0.1) is 10.9 Å². The number of fused-ring (bicyclic) bond motifs is 5. The van der Waals surface area contributed by atoms with Gasteiger partial charge in [-0.05, 0) is 64.9 Å². The number of hydrogen-bond acceptors (Lipinski definition) is 1. The van der Waals surface area contributed by atoms with Crippen LogP contribution in [0.5, 0.6) is 11.5 Å². The molecule has 0 atom stereocenters. The Morgan fingerprint density at radius 2 is 1.55 bits per heavy atom. The monoisotopic (exact) mass is 432 g/mol. The van der Waals surface area contributed by atoms with E-state index in [-0.39, 0.29) is 5.41 Å². The first-order valence-electron chi connectivity index (χ1n) is 11.8. The summed E-state index contributed by atoms with van der Waals surface area (Å²) in [6.07, 6.45) is 2.20. The van der Waals surface area contributed by atoms with Gasteiger partial charge in [0.1, 0.15) is 18.5 Å². The maximum atomic E-state index is 6.82. The molecule has 1 aliphatic rings. The van der Waals surface area contributed by atoms with Crippen molar-refractivity contribution in [1.82, 2.24) is 0 Å². The summed E-state index contributed by atoms with van der Waals surface area (Å²) in [4.78, 5) is 0. The highest BCUT2D eigenvalue weighted by atomic mass is 16.5. The van der Waals surface area contributed by atoms with Crippen LogP contribution in [-0.4, -0.2) is 0 Å². The van der Waals surface area contributed by atoms with E-state index in [1.165, 1.54) is 65.8 Å². The number of nitrogens with zero attached hydrogens (tertiary/aromatic N) is 1. The lowest BCUT2D eigenvalue weighted by Crippen LogP contribution is -2.32. The first-order valence-corrected chi connectivity index (χ1v) is 11.8. The Bertz CT molecular complexity index is 1650. The smallest absolute Gasteiger partial charge is 0.228 e. The van der Waals surface area contributed by atoms with Crippen LogP contribution < -0.4 is 9.30 Å². The minimum Gasteiger partial charge on any atom is -0.455 e. The molecule has 6 rings (SSSR count). The fourth-order valence-corrected chi connectivity index (χ4v) is 5.75. The molecule has 1 aromatic heterocycles. The summed E-state index contributed by atoms with van der Waals surface area (Å²) in [5, 5.41) is 7.62. The van der Waals surface area contributed by atoms with Gasteiger partial charge in [0.2, 0.25) is 5.69 Å².